The second-order valence-electron chi connectivity index (χ2n) is 18.7. The standard InChI is InChI=1S/C50H87N3O16P2/c1-4-5-25-31-41(54)32-27-22-18-14-12-16-20-24-29-34-46(56)67-42(37-64-45(55)33-28-23-19-15-11-9-7-6-8-10-13-17-21-26-30-40(2)3)38-65-70(60,61)69-71(62,63)66-39-43-47(57)48(58)49(68-43)53-36-35-44(51)52-50(53)59/h5,18,22,25,27,32,35-36,40-43,47-49,54,57-58H,4,6-17,19-21,23-24,26,28-31,33-34,37-39H2,1-3H3,(H,60,61)(H,62,63)(H2,51,52,59)/b22-18+,25-5+,32-27+/t41?,42-,43-,47-,48-,49-/m1/s1. The van der Waals surface area contributed by atoms with Crippen LogP contribution in [0.1, 0.15) is 188 Å². The predicted molar refractivity (Wildman–Crippen MR) is 272 cm³/mol. The summed E-state index contributed by atoms with van der Waals surface area (Å²) in [5.41, 5.74) is 4.58. The Morgan fingerprint density at radius 2 is 1.34 bits per heavy atom. The molecule has 2 heterocycles. The third-order valence-corrected chi connectivity index (χ3v) is 14.3. The lowest BCUT2D eigenvalue weighted by molar-refractivity contribution is -0.161. The van der Waals surface area contributed by atoms with Gasteiger partial charge in [-0.3, -0.25) is 23.2 Å². The topological polar surface area (TPSA) is 286 Å². The Labute approximate surface area is 421 Å². The largest absolute Gasteiger partial charge is 0.481 e. The lowest BCUT2D eigenvalue weighted by Gasteiger charge is -2.21. The molecular weight excluding hydrogens is 961 g/mol. The highest BCUT2D eigenvalue weighted by atomic mass is 31.3. The van der Waals surface area contributed by atoms with E-state index in [0.717, 1.165) is 80.9 Å². The van der Waals surface area contributed by atoms with Crippen molar-refractivity contribution in [1.29, 1.82) is 0 Å². The quantitative estimate of drug-likeness (QED) is 0.0117. The zero-order valence-electron chi connectivity index (χ0n) is 42.6. The lowest BCUT2D eigenvalue weighted by atomic mass is 10.0. The number of nitrogens with zero attached hydrogens (tertiary/aromatic N) is 2. The number of ether oxygens (including phenoxy) is 3. The highest BCUT2D eigenvalue weighted by molar-refractivity contribution is 7.61. The minimum Gasteiger partial charge on any atom is -0.462 e. The first-order valence-corrected chi connectivity index (χ1v) is 29.0. The van der Waals surface area contributed by atoms with Crippen LogP contribution in [-0.4, -0.2) is 96.9 Å². The number of rotatable bonds is 42. The van der Waals surface area contributed by atoms with Crippen molar-refractivity contribution >= 4 is 33.4 Å². The summed E-state index contributed by atoms with van der Waals surface area (Å²) in [5, 5.41) is 30.8. The summed E-state index contributed by atoms with van der Waals surface area (Å²) in [6.45, 7) is 4.25. The summed E-state index contributed by atoms with van der Waals surface area (Å²) in [4.78, 5) is 61.9. The summed E-state index contributed by atoms with van der Waals surface area (Å²) in [6.07, 6.45) is 28.4. The number of hydrogen-bond acceptors (Lipinski definition) is 16. The van der Waals surface area contributed by atoms with E-state index in [0.29, 0.717) is 19.3 Å². The molecule has 0 radical (unpaired) electrons. The van der Waals surface area contributed by atoms with Gasteiger partial charge in [0.2, 0.25) is 0 Å². The van der Waals surface area contributed by atoms with Crippen molar-refractivity contribution in [3.05, 3.63) is 59.2 Å². The molecule has 0 bridgehead atoms. The molecule has 19 nitrogen and oxygen atoms in total. The van der Waals surface area contributed by atoms with Gasteiger partial charge in [-0.05, 0) is 50.5 Å². The molecule has 0 spiro atoms. The molecule has 3 unspecified atom stereocenters. The molecule has 1 fully saturated rings. The molecule has 1 saturated heterocycles. The Kier molecular flexibility index (Phi) is 34.0. The third kappa shape index (κ3) is 31.3. The van der Waals surface area contributed by atoms with Gasteiger partial charge in [-0.15, -0.1) is 0 Å². The average molecular weight is 1050 g/mol. The number of aliphatic hydroxyl groups is 3. The molecule has 71 heavy (non-hydrogen) atoms. The van der Waals surface area contributed by atoms with Gasteiger partial charge >= 0.3 is 33.3 Å². The number of anilines is 1. The van der Waals surface area contributed by atoms with Crippen molar-refractivity contribution in [2.45, 2.75) is 218 Å². The molecule has 8 atom stereocenters. The number of aromatic nitrogens is 2. The first kappa shape index (κ1) is 64.1. The fourth-order valence-corrected chi connectivity index (χ4v) is 9.82. The first-order chi connectivity index (χ1) is 33.9. The van der Waals surface area contributed by atoms with Crippen LogP contribution >= 0.6 is 15.6 Å². The number of unbranched alkanes of at least 4 members (excludes halogenated alkanes) is 18. The van der Waals surface area contributed by atoms with Crippen LogP contribution < -0.4 is 11.4 Å². The number of nitrogens with two attached hydrogens (primary N) is 1. The van der Waals surface area contributed by atoms with E-state index in [1.165, 1.54) is 70.3 Å². The highest BCUT2D eigenvalue weighted by Gasteiger charge is 2.46. The number of esters is 2. The van der Waals surface area contributed by atoms with Gasteiger partial charge in [0.1, 0.15) is 30.7 Å². The number of phosphoric acid groups is 2. The Morgan fingerprint density at radius 3 is 1.93 bits per heavy atom. The van der Waals surface area contributed by atoms with Crippen LogP contribution in [-0.2, 0) is 46.3 Å². The number of carbonyl (C=O) groups is 2. The van der Waals surface area contributed by atoms with E-state index in [9.17, 15) is 48.6 Å². The van der Waals surface area contributed by atoms with E-state index in [1.54, 1.807) is 6.08 Å². The van der Waals surface area contributed by atoms with Gasteiger partial charge in [0.15, 0.2) is 12.3 Å². The molecule has 1 aromatic rings. The maximum absolute atomic E-state index is 12.9. The van der Waals surface area contributed by atoms with Crippen molar-refractivity contribution in [2.24, 2.45) is 5.92 Å². The van der Waals surface area contributed by atoms with Crippen molar-refractivity contribution in [2.75, 3.05) is 25.6 Å². The molecule has 1 aromatic heterocycles. The van der Waals surface area contributed by atoms with E-state index in [1.807, 2.05) is 37.3 Å². The SMILES string of the molecule is CC/C=C/CC(O)/C=C/C=C/CCCCCCCC(=O)O[C@H](COC(=O)CCCCCCCCCCCCCCCCC(C)C)COP(=O)(O)OP(=O)(O)OC[C@H]1O[C@@H](n2ccc(N)nc2=O)[C@H](O)[C@@H]1O. The normalized spacial score (nSPS) is 20.0. The Balaban J connectivity index is 1.80. The summed E-state index contributed by atoms with van der Waals surface area (Å²) in [5.74, 6) is -0.556. The van der Waals surface area contributed by atoms with Gasteiger partial charge in [-0.25, -0.2) is 13.9 Å². The highest BCUT2D eigenvalue weighted by Crippen LogP contribution is 2.60. The van der Waals surface area contributed by atoms with Crippen LogP contribution in [0.3, 0.4) is 0 Å². The van der Waals surface area contributed by atoms with Crippen LogP contribution in [0.5, 0.6) is 0 Å². The van der Waals surface area contributed by atoms with Crippen molar-refractivity contribution in [3.63, 3.8) is 0 Å². The number of aliphatic hydroxyl groups excluding tert-OH is 3. The van der Waals surface area contributed by atoms with Crippen molar-refractivity contribution in [3.8, 4) is 0 Å². The van der Waals surface area contributed by atoms with E-state index >= 15 is 0 Å². The number of allylic oxidation sites excluding steroid dienone is 4. The molecule has 21 heteroatoms. The Bertz CT molecular complexity index is 1860. The average Bonchev–Trinajstić information content (AvgIpc) is 3.59. The van der Waals surface area contributed by atoms with E-state index < -0.39 is 89.8 Å². The summed E-state index contributed by atoms with van der Waals surface area (Å²) >= 11 is 0. The predicted octanol–water partition coefficient (Wildman–Crippen LogP) is 9.61. The minimum atomic E-state index is -5.44. The fourth-order valence-electron chi connectivity index (χ4n) is 7.71. The second-order valence-corrected chi connectivity index (χ2v) is 21.7. The molecule has 0 saturated carbocycles. The third-order valence-electron chi connectivity index (χ3n) is 11.7. The molecule has 0 aliphatic carbocycles. The van der Waals surface area contributed by atoms with Crippen LogP contribution in [0, 0.1) is 5.92 Å². The van der Waals surface area contributed by atoms with E-state index in [2.05, 4.69) is 23.1 Å². The Morgan fingerprint density at radius 1 is 0.775 bits per heavy atom. The minimum absolute atomic E-state index is 0.00464. The zero-order valence-corrected chi connectivity index (χ0v) is 44.3. The van der Waals surface area contributed by atoms with E-state index in [-0.39, 0.29) is 18.7 Å². The van der Waals surface area contributed by atoms with Gasteiger partial charge < -0.3 is 45.1 Å². The smallest absolute Gasteiger partial charge is 0.462 e. The maximum Gasteiger partial charge on any atom is 0.481 e. The first-order valence-electron chi connectivity index (χ1n) is 26.0. The summed E-state index contributed by atoms with van der Waals surface area (Å²) < 4.78 is 56.8. The molecule has 1 aliphatic rings. The fraction of sp³-hybridized carbons (Fsp3) is 0.760. The number of nitrogen functional groups attached to an aromatic ring is 1. The maximum atomic E-state index is 12.9. The molecular formula is C50H87N3O16P2. The van der Waals surface area contributed by atoms with Crippen LogP contribution in [0.4, 0.5) is 5.82 Å². The summed E-state index contributed by atoms with van der Waals surface area (Å²) in [6, 6.07) is 1.24. The lowest BCUT2D eigenvalue weighted by Crippen LogP contribution is -2.36. The Hall–Kier alpha value is -3.06. The van der Waals surface area contributed by atoms with Crippen LogP contribution in [0.2, 0.25) is 0 Å². The molecule has 0 aromatic carbocycles. The van der Waals surface area contributed by atoms with Gasteiger partial charge in [-0.1, -0.05) is 166 Å². The molecule has 2 rings (SSSR count). The van der Waals surface area contributed by atoms with Gasteiger partial charge in [0.25, 0.3) is 0 Å². The molecule has 7 N–H and O–H groups in total. The van der Waals surface area contributed by atoms with Gasteiger partial charge in [0, 0.05) is 19.0 Å². The molecule has 0 amide bonds. The number of hydrogen-bond donors (Lipinski definition) is 6. The number of carbonyl (C=O) groups excluding carboxylic acids is 2. The van der Waals surface area contributed by atoms with Crippen LogP contribution in [0.25, 0.3) is 0 Å². The van der Waals surface area contributed by atoms with E-state index in [4.69, 9.17) is 29.0 Å². The van der Waals surface area contributed by atoms with Crippen LogP contribution in [0.15, 0.2) is 53.5 Å². The van der Waals surface area contributed by atoms with Gasteiger partial charge in [-0.2, -0.15) is 9.29 Å². The second kappa shape index (κ2) is 37.6. The monoisotopic (exact) mass is 1050 g/mol. The van der Waals surface area contributed by atoms with Gasteiger partial charge in [0.05, 0.1) is 19.3 Å². The van der Waals surface area contributed by atoms with Crippen molar-refractivity contribution in [1.82, 2.24) is 9.55 Å². The van der Waals surface area contributed by atoms with Crippen molar-refractivity contribution < 1.29 is 71.4 Å². The molecule has 408 valence electrons. The summed E-state index contributed by atoms with van der Waals surface area (Å²) in [7, 11) is -10.9. The number of phosphoric ester groups is 2. The molecule has 1 aliphatic heterocycles. The zero-order chi connectivity index (χ0) is 52.3.